The van der Waals surface area contributed by atoms with E-state index in [1.807, 2.05) is 6.92 Å². The number of aromatic nitrogens is 5. The van der Waals surface area contributed by atoms with E-state index < -0.39 is 17.9 Å². The molecule has 0 bridgehead atoms. The number of carbonyl (C=O) groups excluding carboxylic acids is 2. The zero-order valence-electron chi connectivity index (χ0n) is 22.0. The van der Waals surface area contributed by atoms with E-state index in [1.54, 1.807) is 25.1 Å². The van der Waals surface area contributed by atoms with Crippen molar-refractivity contribution in [3.8, 4) is 11.3 Å². The molecule has 2 amide bonds. The molecule has 0 fully saturated rings. The molecule has 0 saturated carbocycles. The molecule has 0 aliphatic rings. The first kappa shape index (κ1) is 30.6. The van der Waals surface area contributed by atoms with E-state index in [9.17, 15) is 22.8 Å². The highest BCUT2D eigenvalue weighted by atomic mass is 19.4. The number of fused-ring (bicyclic) bond motifs is 1. The molecule has 0 unspecified atom stereocenters. The Morgan fingerprint density at radius 2 is 1.93 bits per heavy atom. The second kappa shape index (κ2) is 13.4. The zero-order chi connectivity index (χ0) is 30.2. The van der Waals surface area contributed by atoms with Gasteiger partial charge < -0.3 is 26.8 Å². The number of hydrogen-bond acceptors (Lipinski definition) is 8. The van der Waals surface area contributed by atoms with Gasteiger partial charge >= 0.3 is 6.18 Å². The molecule has 4 rings (SSSR count). The third-order valence-corrected chi connectivity index (χ3v) is 5.73. The lowest BCUT2D eigenvalue weighted by atomic mass is 10.0. The number of benzene rings is 1. The number of imidazole rings is 1. The van der Waals surface area contributed by atoms with Gasteiger partial charge in [-0.15, -0.1) is 0 Å². The Hall–Kier alpha value is -4.99. The number of alkyl halides is 3. The normalized spacial score (nSPS) is 11.8. The number of H-pyrrole nitrogens is 1. The topological polar surface area (TPSA) is 192 Å². The summed E-state index contributed by atoms with van der Waals surface area (Å²) in [4.78, 5) is 41.1. The van der Waals surface area contributed by atoms with Crippen molar-refractivity contribution in [1.82, 2.24) is 35.2 Å². The van der Waals surface area contributed by atoms with Crippen molar-refractivity contribution in [2.75, 3.05) is 18.4 Å². The van der Waals surface area contributed by atoms with Crippen molar-refractivity contribution in [2.24, 2.45) is 5.73 Å². The van der Waals surface area contributed by atoms with Crippen LogP contribution in [-0.4, -0.2) is 67.1 Å². The molecule has 13 nitrogen and oxygen atoms in total. The molecule has 1 aromatic carbocycles. The smallest absolute Gasteiger partial charge is 0.435 e. The number of aryl methyl sites for hydroxylation is 1. The van der Waals surface area contributed by atoms with Crippen molar-refractivity contribution in [3.63, 3.8) is 0 Å². The summed E-state index contributed by atoms with van der Waals surface area (Å²) >= 11 is 0. The van der Waals surface area contributed by atoms with Crippen LogP contribution in [0.25, 0.3) is 16.9 Å². The number of rotatable bonds is 9. The average molecular weight is 576 g/mol. The van der Waals surface area contributed by atoms with Gasteiger partial charge in [-0.1, -0.05) is 6.92 Å². The number of amides is 2. The first-order valence-electron chi connectivity index (χ1n) is 12.2. The lowest BCUT2D eigenvalue weighted by Crippen LogP contribution is -2.42. The van der Waals surface area contributed by atoms with Crippen LogP contribution in [0.2, 0.25) is 0 Å². The third-order valence-electron chi connectivity index (χ3n) is 5.73. The monoisotopic (exact) mass is 575 g/mol. The number of carbonyl (C=O) groups is 3. The predicted octanol–water partition coefficient (Wildman–Crippen LogP) is 2.34. The number of nitrogens with two attached hydrogens (primary N) is 1. The van der Waals surface area contributed by atoms with E-state index in [1.165, 1.54) is 29.2 Å². The van der Waals surface area contributed by atoms with Crippen molar-refractivity contribution in [3.05, 3.63) is 59.8 Å². The molecule has 3 aromatic heterocycles. The third kappa shape index (κ3) is 7.36. The van der Waals surface area contributed by atoms with Gasteiger partial charge in [0.15, 0.2) is 17.2 Å². The molecule has 0 aliphatic heterocycles. The van der Waals surface area contributed by atoms with Gasteiger partial charge in [0.25, 0.3) is 12.4 Å². The Morgan fingerprint density at radius 1 is 1.22 bits per heavy atom. The van der Waals surface area contributed by atoms with Gasteiger partial charge in [-0.25, -0.2) is 9.97 Å². The van der Waals surface area contributed by atoms with E-state index in [-0.39, 0.29) is 42.6 Å². The lowest BCUT2D eigenvalue weighted by Gasteiger charge is -2.13. The summed E-state index contributed by atoms with van der Waals surface area (Å²) in [7, 11) is 0. The van der Waals surface area contributed by atoms with Crippen LogP contribution in [0.3, 0.4) is 0 Å². The molecular weight excluding hydrogens is 547 g/mol. The Bertz CT molecular complexity index is 1520. The number of carboxylic acid groups (broad SMARTS) is 1. The molecule has 41 heavy (non-hydrogen) atoms. The summed E-state index contributed by atoms with van der Waals surface area (Å²) in [6.45, 7) is 3.71. The summed E-state index contributed by atoms with van der Waals surface area (Å²) in [5, 5.41) is 21.0. The van der Waals surface area contributed by atoms with Crippen LogP contribution in [0.4, 0.5) is 24.7 Å². The van der Waals surface area contributed by atoms with Crippen LogP contribution in [0.1, 0.15) is 35.5 Å². The van der Waals surface area contributed by atoms with Crippen LogP contribution in [-0.2, 0) is 22.2 Å². The van der Waals surface area contributed by atoms with Crippen molar-refractivity contribution in [2.45, 2.75) is 32.5 Å². The fourth-order valence-corrected chi connectivity index (χ4v) is 3.85. The molecule has 0 saturated heterocycles. The average Bonchev–Trinajstić information content (AvgIpc) is 3.59. The second-order valence-electron chi connectivity index (χ2n) is 8.55. The molecule has 16 heteroatoms. The Kier molecular flexibility index (Phi) is 9.97. The maximum Gasteiger partial charge on any atom is 0.435 e. The first-order chi connectivity index (χ1) is 19.5. The van der Waals surface area contributed by atoms with Gasteiger partial charge in [-0.2, -0.15) is 18.3 Å². The van der Waals surface area contributed by atoms with Crippen molar-refractivity contribution in [1.29, 1.82) is 0 Å². The van der Waals surface area contributed by atoms with Crippen molar-refractivity contribution < 1.29 is 32.7 Å². The summed E-state index contributed by atoms with van der Waals surface area (Å²) < 4.78 is 41.6. The summed E-state index contributed by atoms with van der Waals surface area (Å²) in [6, 6.07) is 4.52. The van der Waals surface area contributed by atoms with E-state index in [4.69, 9.17) is 15.6 Å². The van der Waals surface area contributed by atoms with Gasteiger partial charge in [-0.05, 0) is 37.1 Å². The predicted molar refractivity (Wildman–Crippen MR) is 142 cm³/mol. The van der Waals surface area contributed by atoms with Gasteiger partial charge in [0.2, 0.25) is 5.91 Å². The SMILES string of the molecule is CCc1cc(Nc2nccn3c(-c4c[nH]nc4C(F)(F)F)cnc23)ccc1C(=O)NCCNC(=O)[C@@H](C)N.O=CO. The van der Waals surface area contributed by atoms with Crippen LogP contribution < -0.4 is 21.7 Å². The Morgan fingerprint density at radius 3 is 2.59 bits per heavy atom. The number of nitrogens with zero attached hydrogens (tertiary/aromatic N) is 4. The Balaban J connectivity index is 0.00000147. The summed E-state index contributed by atoms with van der Waals surface area (Å²) in [6.07, 6.45) is 1.38. The molecule has 0 spiro atoms. The van der Waals surface area contributed by atoms with E-state index in [0.717, 1.165) is 5.56 Å². The molecular formula is C25H28F3N9O4. The van der Waals surface area contributed by atoms with E-state index in [0.29, 0.717) is 29.1 Å². The standard InChI is InChI=1S/C24H26F3N9O2.CH2O2/c1-3-14-10-15(4-5-16(14)23(38)31-7-6-30-22(37)13(2)28)34-20-21-32-12-18(36(21)9-8-29-20)17-11-33-35-19(17)24(25,26)27;2-1-3/h4-5,8-13H,3,6-7,28H2,1-2H3,(H,29,34)(H,30,37)(H,31,38)(H,33,35);1H,(H,2,3)/t13-;/m1./s1. The largest absolute Gasteiger partial charge is 0.483 e. The zero-order valence-corrected chi connectivity index (χ0v) is 22.0. The fourth-order valence-electron chi connectivity index (χ4n) is 3.85. The van der Waals surface area contributed by atoms with Gasteiger partial charge in [0, 0.05) is 42.9 Å². The number of aromatic amines is 1. The minimum absolute atomic E-state index is 0.136. The molecule has 4 aromatic rings. The first-order valence-corrected chi connectivity index (χ1v) is 12.2. The fraction of sp³-hybridized carbons (Fsp3) is 0.280. The highest BCUT2D eigenvalue weighted by molar-refractivity contribution is 5.96. The van der Waals surface area contributed by atoms with Gasteiger partial charge in [-0.3, -0.25) is 23.9 Å². The second-order valence-corrected chi connectivity index (χ2v) is 8.55. The highest BCUT2D eigenvalue weighted by Gasteiger charge is 2.37. The van der Waals surface area contributed by atoms with Crippen LogP contribution in [0.5, 0.6) is 0 Å². The molecule has 7 N–H and O–H groups in total. The molecule has 1 atom stereocenters. The van der Waals surface area contributed by atoms with E-state index in [2.05, 4.69) is 36.1 Å². The highest BCUT2D eigenvalue weighted by Crippen LogP contribution is 2.36. The summed E-state index contributed by atoms with van der Waals surface area (Å²) in [5.41, 5.74) is 6.68. The van der Waals surface area contributed by atoms with Gasteiger partial charge in [0.05, 0.1) is 23.5 Å². The number of hydrogen-bond donors (Lipinski definition) is 6. The van der Waals surface area contributed by atoms with Crippen LogP contribution in [0, 0.1) is 0 Å². The minimum atomic E-state index is -4.63. The maximum absolute atomic E-state index is 13.4. The number of halogens is 3. The summed E-state index contributed by atoms with van der Waals surface area (Å²) in [5.74, 6) is -0.273. The quantitative estimate of drug-likeness (QED) is 0.128. The van der Waals surface area contributed by atoms with E-state index >= 15 is 0 Å². The molecule has 218 valence electrons. The van der Waals surface area contributed by atoms with Crippen LogP contribution in [0.15, 0.2) is 43.0 Å². The molecule has 3 heterocycles. The number of nitrogens with one attached hydrogen (secondary N) is 4. The molecule has 0 aliphatic carbocycles. The van der Waals surface area contributed by atoms with Crippen molar-refractivity contribution >= 4 is 35.4 Å². The Labute approximate surface area is 231 Å². The molecule has 0 radical (unpaired) electrons. The minimum Gasteiger partial charge on any atom is -0.483 e. The maximum atomic E-state index is 13.4. The lowest BCUT2D eigenvalue weighted by molar-refractivity contribution is -0.140. The number of anilines is 2. The van der Waals surface area contributed by atoms with Gasteiger partial charge in [0.1, 0.15) is 0 Å². The van der Waals surface area contributed by atoms with Crippen LogP contribution >= 0.6 is 0 Å².